The number of carbonyl (C=O) groups excluding carboxylic acids is 1. The van der Waals surface area contributed by atoms with Gasteiger partial charge in [-0.25, -0.2) is 0 Å². The third-order valence-electron chi connectivity index (χ3n) is 3.17. The van der Waals surface area contributed by atoms with Crippen molar-refractivity contribution in [1.29, 1.82) is 0 Å². The molecule has 3 heteroatoms. The molecule has 0 aliphatic carbocycles. The topological polar surface area (TPSA) is 46.3 Å². The molecule has 0 saturated carbocycles. The lowest BCUT2D eigenvalue weighted by molar-refractivity contribution is -0.115. The smallest absolute Gasteiger partial charge is 0.265 e. The van der Waals surface area contributed by atoms with Crippen LogP contribution in [0.1, 0.15) is 18.4 Å². The summed E-state index contributed by atoms with van der Waals surface area (Å²) in [5, 5.41) is 0. The minimum atomic E-state index is -0.343. The van der Waals surface area contributed by atoms with E-state index in [0.29, 0.717) is 5.70 Å². The maximum Gasteiger partial charge on any atom is 0.265 e. The molecule has 0 unspecified atom stereocenters. The van der Waals surface area contributed by atoms with Crippen LogP contribution >= 0.6 is 0 Å². The molecule has 2 N–H and O–H groups in total. The number of nitrogens with zero attached hydrogens (tertiary/aromatic N) is 1. The fraction of sp³-hybridized carbons (Fsp3) is 0.267. The Hall–Kier alpha value is -2.03. The predicted molar refractivity (Wildman–Crippen MR) is 72.5 cm³/mol. The molecule has 1 aromatic rings. The van der Waals surface area contributed by atoms with Gasteiger partial charge in [-0.2, -0.15) is 0 Å². The number of likely N-dealkylation sites (N-methyl/N-ethyl adjacent to an activating group) is 1. The van der Waals surface area contributed by atoms with E-state index in [1.807, 2.05) is 36.3 Å². The minimum absolute atomic E-state index is 0.343. The van der Waals surface area contributed by atoms with Crippen molar-refractivity contribution in [3.8, 4) is 0 Å². The lowest BCUT2D eigenvalue weighted by Crippen LogP contribution is -2.28. The van der Waals surface area contributed by atoms with Crippen LogP contribution < -0.4 is 5.73 Å². The van der Waals surface area contributed by atoms with E-state index in [4.69, 9.17) is 5.73 Å². The molecule has 1 amide bonds. The summed E-state index contributed by atoms with van der Waals surface area (Å²) in [6, 6.07) is 10.3. The van der Waals surface area contributed by atoms with E-state index in [9.17, 15) is 4.79 Å². The lowest BCUT2D eigenvalue weighted by atomic mass is 9.98. The van der Waals surface area contributed by atoms with Crippen LogP contribution in [0.25, 0.3) is 0 Å². The van der Waals surface area contributed by atoms with Gasteiger partial charge in [-0.15, -0.1) is 0 Å². The number of aryl methyl sites for hydroxylation is 1. The van der Waals surface area contributed by atoms with Crippen LogP contribution in [0.2, 0.25) is 0 Å². The largest absolute Gasteiger partial charge is 0.364 e. The zero-order valence-corrected chi connectivity index (χ0v) is 10.6. The molecule has 1 heterocycles. The highest BCUT2D eigenvalue weighted by Crippen LogP contribution is 2.23. The highest BCUT2D eigenvalue weighted by Gasteiger charge is 2.17. The summed E-state index contributed by atoms with van der Waals surface area (Å²) in [5.41, 5.74) is 8.50. The normalized spacial score (nSPS) is 15.1. The molecule has 94 valence electrons. The van der Waals surface area contributed by atoms with Gasteiger partial charge in [-0.05, 0) is 30.4 Å². The van der Waals surface area contributed by atoms with Crippen LogP contribution in [-0.4, -0.2) is 17.9 Å². The fourth-order valence-corrected chi connectivity index (χ4v) is 2.28. The van der Waals surface area contributed by atoms with Gasteiger partial charge in [0.1, 0.15) is 5.70 Å². The second kappa shape index (κ2) is 5.54. The minimum Gasteiger partial charge on any atom is -0.364 e. The van der Waals surface area contributed by atoms with Crippen molar-refractivity contribution >= 4 is 5.91 Å². The molecule has 0 atom stereocenters. The average molecular weight is 242 g/mol. The summed E-state index contributed by atoms with van der Waals surface area (Å²) in [6.45, 7) is 0. The van der Waals surface area contributed by atoms with Gasteiger partial charge in [-0.1, -0.05) is 36.4 Å². The van der Waals surface area contributed by atoms with Crippen LogP contribution in [0, 0.1) is 0 Å². The molecule has 0 aromatic heterocycles. The zero-order valence-electron chi connectivity index (χ0n) is 10.6. The maximum absolute atomic E-state index is 11.5. The SMILES string of the molecule is CN1C=CCC(CCc2ccccc2)=C1C(N)=O. The first-order valence-corrected chi connectivity index (χ1v) is 6.13. The fourth-order valence-electron chi connectivity index (χ4n) is 2.28. The molecule has 0 fully saturated rings. The molecular weight excluding hydrogens is 224 g/mol. The predicted octanol–water partition coefficient (Wildman–Crippen LogP) is 2.21. The van der Waals surface area contributed by atoms with E-state index in [1.54, 1.807) is 0 Å². The van der Waals surface area contributed by atoms with E-state index in [0.717, 1.165) is 24.8 Å². The molecule has 0 bridgehead atoms. The summed E-state index contributed by atoms with van der Waals surface area (Å²) in [7, 11) is 1.86. The second-order valence-electron chi connectivity index (χ2n) is 4.50. The summed E-state index contributed by atoms with van der Waals surface area (Å²) in [5.74, 6) is -0.343. The van der Waals surface area contributed by atoms with E-state index >= 15 is 0 Å². The molecule has 18 heavy (non-hydrogen) atoms. The van der Waals surface area contributed by atoms with E-state index in [1.165, 1.54) is 5.56 Å². The van der Waals surface area contributed by atoms with Crippen molar-refractivity contribution in [3.05, 3.63) is 59.4 Å². The number of amides is 1. The van der Waals surface area contributed by atoms with Crippen molar-refractivity contribution in [2.75, 3.05) is 7.05 Å². The molecule has 1 aromatic carbocycles. The second-order valence-corrected chi connectivity index (χ2v) is 4.50. The van der Waals surface area contributed by atoms with Crippen molar-refractivity contribution in [3.63, 3.8) is 0 Å². The maximum atomic E-state index is 11.5. The third-order valence-corrected chi connectivity index (χ3v) is 3.17. The molecule has 3 nitrogen and oxygen atoms in total. The van der Waals surface area contributed by atoms with Gasteiger partial charge in [-0.3, -0.25) is 4.79 Å². The van der Waals surface area contributed by atoms with Gasteiger partial charge in [0.15, 0.2) is 0 Å². The Morgan fingerprint density at radius 1 is 1.28 bits per heavy atom. The van der Waals surface area contributed by atoms with Gasteiger partial charge in [0.2, 0.25) is 0 Å². The summed E-state index contributed by atoms with van der Waals surface area (Å²) in [6.07, 6.45) is 6.58. The Balaban J connectivity index is 2.11. The molecule has 1 aliphatic rings. The first-order chi connectivity index (χ1) is 8.68. The number of carbonyl (C=O) groups is 1. The standard InChI is InChI=1S/C15H18N2O/c1-17-11-5-8-13(14(17)15(16)18)10-9-12-6-3-2-4-7-12/h2-7,11H,8-10H2,1H3,(H2,16,18). The quantitative estimate of drug-likeness (QED) is 0.880. The lowest BCUT2D eigenvalue weighted by Gasteiger charge is -2.23. The number of rotatable bonds is 4. The summed E-state index contributed by atoms with van der Waals surface area (Å²) in [4.78, 5) is 13.3. The number of nitrogens with two attached hydrogens (primary N) is 1. The van der Waals surface area contributed by atoms with E-state index in [-0.39, 0.29) is 5.91 Å². The summed E-state index contributed by atoms with van der Waals surface area (Å²) >= 11 is 0. The highest BCUT2D eigenvalue weighted by molar-refractivity contribution is 5.92. The van der Waals surface area contributed by atoms with Crippen LogP contribution in [0.5, 0.6) is 0 Å². The van der Waals surface area contributed by atoms with Crippen LogP contribution in [0.3, 0.4) is 0 Å². The van der Waals surface area contributed by atoms with Crippen molar-refractivity contribution in [1.82, 2.24) is 4.90 Å². The van der Waals surface area contributed by atoms with Crippen LogP contribution in [-0.2, 0) is 11.2 Å². The van der Waals surface area contributed by atoms with Crippen LogP contribution in [0.15, 0.2) is 53.9 Å². The van der Waals surface area contributed by atoms with Crippen molar-refractivity contribution in [2.24, 2.45) is 5.73 Å². The molecule has 2 rings (SSSR count). The van der Waals surface area contributed by atoms with Crippen LogP contribution in [0.4, 0.5) is 0 Å². The molecule has 0 spiro atoms. The van der Waals surface area contributed by atoms with Gasteiger partial charge in [0.05, 0.1) is 0 Å². The first-order valence-electron chi connectivity index (χ1n) is 6.13. The van der Waals surface area contributed by atoms with Crippen molar-refractivity contribution < 1.29 is 4.79 Å². The Morgan fingerprint density at radius 2 is 2.00 bits per heavy atom. The molecule has 0 radical (unpaired) electrons. The number of hydrogen-bond donors (Lipinski definition) is 1. The number of allylic oxidation sites excluding steroid dienone is 2. The number of hydrogen-bond acceptors (Lipinski definition) is 2. The Bertz CT molecular complexity index is 488. The average Bonchev–Trinajstić information content (AvgIpc) is 2.37. The van der Waals surface area contributed by atoms with Gasteiger partial charge in [0.25, 0.3) is 5.91 Å². The van der Waals surface area contributed by atoms with E-state index < -0.39 is 0 Å². The van der Waals surface area contributed by atoms with Crippen molar-refractivity contribution in [2.45, 2.75) is 19.3 Å². The Labute approximate surface area is 108 Å². The zero-order chi connectivity index (χ0) is 13.0. The van der Waals surface area contributed by atoms with Gasteiger partial charge in [0, 0.05) is 13.2 Å². The van der Waals surface area contributed by atoms with Gasteiger partial charge < -0.3 is 10.6 Å². The Kier molecular flexibility index (Phi) is 3.82. The Morgan fingerprint density at radius 3 is 2.67 bits per heavy atom. The first kappa shape index (κ1) is 12.4. The monoisotopic (exact) mass is 242 g/mol. The number of benzene rings is 1. The van der Waals surface area contributed by atoms with Gasteiger partial charge >= 0.3 is 0 Å². The highest BCUT2D eigenvalue weighted by atomic mass is 16.1. The molecular formula is C15H18N2O. The summed E-state index contributed by atoms with van der Waals surface area (Å²) < 4.78 is 0. The molecule has 1 aliphatic heterocycles. The van der Waals surface area contributed by atoms with E-state index in [2.05, 4.69) is 18.2 Å². The number of primary amides is 1. The third kappa shape index (κ3) is 2.80. The molecule has 0 saturated heterocycles.